The normalized spacial score (nSPS) is 16.8. The molecule has 1 aliphatic rings. The molecule has 0 aromatic heterocycles. The van der Waals surface area contributed by atoms with Gasteiger partial charge in [0.2, 0.25) is 5.91 Å². The van der Waals surface area contributed by atoms with Crippen LogP contribution >= 0.6 is 0 Å². The quantitative estimate of drug-likeness (QED) is 0.851. The number of nitrogens with one attached hydrogen (secondary N) is 1. The highest BCUT2D eigenvalue weighted by atomic mass is 16.2. The molecule has 1 unspecified atom stereocenters. The highest BCUT2D eigenvalue weighted by Gasteiger charge is 2.25. The van der Waals surface area contributed by atoms with E-state index >= 15 is 0 Å². The average molecular weight is 260 g/mol. The molecule has 1 heterocycles. The number of benzene rings is 1. The van der Waals surface area contributed by atoms with Gasteiger partial charge >= 0.3 is 0 Å². The summed E-state index contributed by atoms with van der Waals surface area (Å²) in [4.78, 5) is 14.4. The van der Waals surface area contributed by atoms with Crippen molar-refractivity contribution in [2.45, 2.75) is 39.0 Å². The predicted molar refractivity (Wildman–Crippen MR) is 79.5 cm³/mol. The van der Waals surface area contributed by atoms with E-state index in [2.05, 4.69) is 37.4 Å². The summed E-state index contributed by atoms with van der Waals surface area (Å²) in [6.07, 6.45) is 2.69. The van der Waals surface area contributed by atoms with Crippen molar-refractivity contribution >= 4 is 11.6 Å². The Balaban J connectivity index is 1.99. The lowest BCUT2D eigenvalue weighted by atomic mass is 9.97. The van der Waals surface area contributed by atoms with Crippen molar-refractivity contribution in [3.05, 3.63) is 29.8 Å². The maximum atomic E-state index is 12.4. The number of amides is 1. The van der Waals surface area contributed by atoms with Gasteiger partial charge in [0.1, 0.15) is 0 Å². The number of hydrogen-bond acceptors (Lipinski definition) is 2. The first-order chi connectivity index (χ1) is 9.26. The largest absolute Gasteiger partial charge is 0.384 e. The fourth-order valence-electron chi connectivity index (χ4n) is 2.78. The molecule has 0 radical (unpaired) electrons. The highest BCUT2D eigenvalue weighted by Crippen LogP contribution is 2.33. The third-order valence-electron chi connectivity index (χ3n) is 3.70. The SMILES string of the molecule is CCCN(CCC)C(=O)CC1CNc2ccccc21. The summed E-state index contributed by atoms with van der Waals surface area (Å²) < 4.78 is 0. The maximum Gasteiger partial charge on any atom is 0.223 e. The number of fused-ring (bicyclic) bond motifs is 1. The molecule has 2 rings (SSSR count). The van der Waals surface area contributed by atoms with Crippen LogP contribution in [0.2, 0.25) is 0 Å². The molecule has 1 aromatic carbocycles. The summed E-state index contributed by atoms with van der Waals surface area (Å²) in [6, 6.07) is 8.32. The van der Waals surface area contributed by atoms with Gasteiger partial charge in [0.15, 0.2) is 0 Å². The number of anilines is 1. The van der Waals surface area contributed by atoms with Crippen molar-refractivity contribution in [1.29, 1.82) is 0 Å². The van der Waals surface area contributed by atoms with Gasteiger partial charge in [0, 0.05) is 37.7 Å². The van der Waals surface area contributed by atoms with Crippen LogP contribution in [0.3, 0.4) is 0 Å². The van der Waals surface area contributed by atoms with Crippen LogP contribution < -0.4 is 5.32 Å². The summed E-state index contributed by atoms with van der Waals surface area (Å²) in [6.45, 7) is 6.91. The molecule has 19 heavy (non-hydrogen) atoms. The van der Waals surface area contributed by atoms with Gasteiger partial charge in [-0.15, -0.1) is 0 Å². The predicted octanol–water partition coefficient (Wildman–Crippen LogP) is 3.23. The maximum absolute atomic E-state index is 12.4. The van der Waals surface area contributed by atoms with Gasteiger partial charge in [-0.2, -0.15) is 0 Å². The molecule has 0 spiro atoms. The standard InChI is InChI=1S/C16H24N2O/c1-3-9-18(10-4-2)16(19)11-13-12-17-15-8-6-5-7-14(13)15/h5-8,13,17H,3-4,9-12H2,1-2H3. The van der Waals surface area contributed by atoms with E-state index in [4.69, 9.17) is 0 Å². The Bertz CT molecular complexity index is 425. The van der Waals surface area contributed by atoms with E-state index in [-0.39, 0.29) is 0 Å². The minimum Gasteiger partial charge on any atom is -0.384 e. The summed E-state index contributed by atoms with van der Waals surface area (Å²) in [5, 5.41) is 3.39. The van der Waals surface area contributed by atoms with E-state index in [1.54, 1.807) is 0 Å². The number of nitrogens with zero attached hydrogens (tertiary/aromatic N) is 1. The van der Waals surface area contributed by atoms with Gasteiger partial charge in [-0.3, -0.25) is 4.79 Å². The molecule has 1 atom stereocenters. The summed E-state index contributed by atoms with van der Waals surface area (Å²) in [7, 11) is 0. The van der Waals surface area contributed by atoms with E-state index in [0.717, 1.165) is 32.5 Å². The van der Waals surface area contributed by atoms with Crippen molar-refractivity contribution in [2.75, 3.05) is 25.0 Å². The molecule has 1 aromatic rings. The Morgan fingerprint density at radius 1 is 1.26 bits per heavy atom. The Morgan fingerprint density at radius 2 is 1.95 bits per heavy atom. The topological polar surface area (TPSA) is 32.3 Å². The van der Waals surface area contributed by atoms with Crippen molar-refractivity contribution in [1.82, 2.24) is 4.90 Å². The molecule has 0 saturated heterocycles. The summed E-state index contributed by atoms with van der Waals surface area (Å²) >= 11 is 0. The Labute approximate surface area is 116 Å². The molecule has 0 saturated carbocycles. The molecule has 3 heteroatoms. The number of hydrogen-bond donors (Lipinski definition) is 1. The van der Waals surface area contributed by atoms with E-state index in [1.807, 2.05) is 11.0 Å². The van der Waals surface area contributed by atoms with Crippen LogP contribution in [0.4, 0.5) is 5.69 Å². The minimum absolute atomic E-state index is 0.298. The van der Waals surface area contributed by atoms with Gasteiger partial charge in [0.25, 0.3) is 0 Å². The first-order valence-electron chi connectivity index (χ1n) is 7.36. The zero-order valence-corrected chi connectivity index (χ0v) is 12.0. The monoisotopic (exact) mass is 260 g/mol. The van der Waals surface area contributed by atoms with Crippen LogP contribution in [0.1, 0.15) is 44.6 Å². The van der Waals surface area contributed by atoms with Crippen LogP contribution in [-0.4, -0.2) is 30.4 Å². The van der Waals surface area contributed by atoms with Crippen LogP contribution in [0, 0.1) is 0 Å². The second kappa shape index (κ2) is 6.60. The van der Waals surface area contributed by atoms with Gasteiger partial charge in [0.05, 0.1) is 0 Å². The number of carbonyl (C=O) groups is 1. The third kappa shape index (κ3) is 3.28. The first-order valence-corrected chi connectivity index (χ1v) is 7.36. The minimum atomic E-state index is 0.298. The van der Waals surface area contributed by atoms with Gasteiger partial charge in [-0.05, 0) is 24.5 Å². The van der Waals surface area contributed by atoms with Gasteiger partial charge < -0.3 is 10.2 Å². The molecule has 1 N–H and O–H groups in total. The number of para-hydroxylation sites is 1. The van der Waals surface area contributed by atoms with Crippen LogP contribution in [0.25, 0.3) is 0 Å². The van der Waals surface area contributed by atoms with Gasteiger partial charge in [-0.25, -0.2) is 0 Å². The lowest BCUT2D eigenvalue weighted by Gasteiger charge is -2.23. The molecule has 0 aliphatic carbocycles. The zero-order valence-electron chi connectivity index (χ0n) is 12.0. The molecule has 0 fully saturated rings. The average Bonchev–Trinajstić information content (AvgIpc) is 2.82. The number of carbonyl (C=O) groups excluding carboxylic acids is 1. The second-order valence-corrected chi connectivity index (χ2v) is 5.25. The first kappa shape index (κ1) is 13.9. The van der Waals surface area contributed by atoms with Crippen LogP contribution in [0.15, 0.2) is 24.3 Å². The van der Waals surface area contributed by atoms with Crippen LogP contribution in [-0.2, 0) is 4.79 Å². The molecular formula is C16H24N2O. The Hall–Kier alpha value is -1.51. The molecule has 1 aliphatic heterocycles. The molecule has 104 valence electrons. The second-order valence-electron chi connectivity index (χ2n) is 5.25. The summed E-state index contributed by atoms with van der Waals surface area (Å²) in [5.41, 5.74) is 2.49. The highest BCUT2D eigenvalue weighted by molar-refractivity contribution is 5.78. The smallest absolute Gasteiger partial charge is 0.223 e. The zero-order chi connectivity index (χ0) is 13.7. The fourth-order valence-corrected chi connectivity index (χ4v) is 2.78. The van der Waals surface area contributed by atoms with Gasteiger partial charge in [-0.1, -0.05) is 32.0 Å². The molecular weight excluding hydrogens is 236 g/mol. The van der Waals surface area contributed by atoms with Crippen LogP contribution in [0.5, 0.6) is 0 Å². The van der Waals surface area contributed by atoms with E-state index < -0.39 is 0 Å². The van der Waals surface area contributed by atoms with E-state index in [0.29, 0.717) is 18.2 Å². The molecule has 3 nitrogen and oxygen atoms in total. The molecule has 0 bridgehead atoms. The van der Waals surface area contributed by atoms with E-state index in [1.165, 1.54) is 11.3 Å². The molecule has 1 amide bonds. The van der Waals surface area contributed by atoms with Crippen molar-refractivity contribution in [2.24, 2.45) is 0 Å². The van der Waals surface area contributed by atoms with Crippen molar-refractivity contribution in [3.63, 3.8) is 0 Å². The van der Waals surface area contributed by atoms with Crippen molar-refractivity contribution < 1.29 is 4.79 Å². The Morgan fingerprint density at radius 3 is 2.63 bits per heavy atom. The fraction of sp³-hybridized carbons (Fsp3) is 0.562. The van der Waals surface area contributed by atoms with Crippen molar-refractivity contribution in [3.8, 4) is 0 Å². The lowest BCUT2D eigenvalue weighted by Crippen LogP contribution is -2.33. The third-order valence-corrected chi connectivity index (χ3v) is 3.70. The lowest BCUT2D eigenvalue weighted by molar-refractivity contribution is -0.131. The van der Waals surface area contributed by atoms with E-state index in [9.17, 15) is 4.79 Å². The Kier molecular flexibility index (Phi) is 4.83. The number of rotatable bonds is 6. The summed E-state index contributed by atoms with van der Waals surface area (Å²) in [5.74, 6) is 0.632.